The van der Waals surface area contributed by atoms with Gasteiger partial charge in [-0.1, -0.05) is 23.5 Å². The first-order valence-corrected chi connectivity index (χ1v) is 8.76. The SMILES string of the molecule is COc1cc(CCC(=O)Nc2nc3ccc([N+](=O)[O-])cc3s2)ccc1C. The van der Waals surface area contributed by atoms with E-state index in [1.165, 1.54) is 23.5 Å². The van der Waals surface area contributed by atoms with Crippen LogP contribution in [0, 0.1) is 17.0 Å². The number of nitro groups is 1. The van der Waals surface area contributed by atoms with Crippen LogP contribution in [0.1, 0.15) is 17.5 Å². The number of anilines is 1. The van der Waals surface area contributed by atoms with Gasteiger partial charge in [0.25, 0.3) is 5.69 Å². The molecule has 26 heavy (non-hydrogen) atoms. The van der Waals surface area contributed by atoms with Gasteiger partial charge in [0.05, 0.1) is 22.2 Å². The fourth-order valence-corrected chi connectivity index (χ4v) is 3.45. The van der Waals surface area contributed by atoms with E-state index in [4.69, 9.17) is 4.74 Å². The highest BCUT2D eigenvalue weighted by atomic mass is 32.1. The molecule has 0 aliphatic rings. The molecule has 0 bridgehead atoms. The Labute approximate surface area is 153 Å². The Hall–Kier alpha value is -3.00. The maximum absolute atomic E-state index is 12.2. The molecule has 3 rings (SSSR count). The van der Waals surface area contributed by atoms with Gasteiger partial charge in [-0.15, -0.1) is 0 Å². The molecule has 0 unspecified atom stereocenters. The highest BCUT2D eigenvalue weighted by Gasteiger charge is 2.12. The fraction of sp³-hybridized carbons (Fsp3) is 0.222. The van der Waals surface area contributed by atoms with E-state index in [1.54, 1.807) is 13.2 Å². The molecule has 1 amide bonds. The number of nitrogens with one attached hydrogen (secondary N) is 1. The van der Waals surface area contributed by atoms with Crippen molar-refractivity contribution < 1.29 is 14.5 Å². The number of hydrogen-bond acceptors (Lipinski definition) is 6. The summed E-state index contributed by atoms with van der Waals surface area (Å²) in [4.78, 5) is 26.8. The zero-order valence-corrected chi connectivity index (χ0v) is 15.1. The van der Waals surface area contributed by atoms with E-state index >= 15 is 0 Å². The Morgan fingerprint density at radius 1 is 1.31 bits per heavy atom. The van der Waals surface area contributed by atoms with Crippen molar-refractivity contribution in [1.29, 1.82) is 0 Å². The minimum atomic E-state index is -0.451. The predicted octanol–water partition coefficient (Wildman–Crippen LogP) is 4.09. The minimum Gasteiger partial charge on any atom is -0.496 e. The average molecular weight is 371 g/mol. The Kier molecular flexibility index (Phi) is 5.13. The fourth-order valence-electron chi connectivity index (χ4n) is 2.54. The molecule has 1 aromatic heterocycles. The minimum absolute atomic E-state index is 0.00680. The van der Waals surface area contributed by atoms with E-state index in [0.29, 0.717) is 28.2 Å². The summed E-state index contributed by atoms with van der Waals surface area (Å²) in [5.74, 6) is 0.647. The molecule has 1 N–H and O–H groups in total. The molecule has 0 fully saturated rings. The molecular weight excluding hydrogens is 354 g/mol. The van der Waals surface area contributed by atoms with Crippen molar-refractivity contribution in [3.8, 4) is 5.75 Å². The zero-order valence-electron chi connectivity index (χ0n) is 14.3. The molecule has 7 nitrogen and oxygen atoms in total. The number of methoxy groups -OCH3 is 1. The maximum atomic E-state index is 12.2. The molecular formula is C18H17N3O4S. The number of hydrogen-bond donors (Lipinski definition) is 1. The third-order valence-corrected chi connectivity index (χ3v) is 4.88. The first-order valence-electron chi connectivity index (χ1n) is 7.94. The number of carbonyl (C=O) groups excluding carboxylic acids is 1. The van der Waals surface area contributed by atoms with Gasteiger partial charge in [0.2, 0.25) is 5.91 Å². The summed E-state index contributed by atoms with van der Waals surface area (Å²) in [6.07, 6.45) is 0.890. The lowest BCUT2D eigenvalue weighted by Crippen LogP contribution is -2.12. The van der Waals surface area contributed by atoms with Gasteiger partial charge in [-0.05, 0) is 36.6 Å². The molecule has 0 saturated heterocycles. The molecule has 1 heterocycles. The third kappa shape index (κ3) is 3.97. The molecule has 134 valence electrons. The normalized spacial score (nSPS) is 10.7. The van der Waals surface area contributed by atoms with Crippen molar-refractivity contribution in [1.82, 2.24) is 4.98 Å². The number of ether oxygens (including phenoxy) is 1. The zero-order chi connectivity index (χ0) is 18.7. The lowest BCUT2D eigenvalue weighted by molar-refractivity contribution is -0.384. The summed E-state index contributed by atoms with van der Waals surface area (Å²) in [5.41, 5.74) is 2.69. The van der Waals surface area contributed by atoms with Crippen LogP contribution in [0.4, 0.5) is 10.8 Å². The number of carbonyl (C=O) groups is 1. The van der Waals surface area contributed by atoms with E-state index in [0.717, 1.165) is 16.9 Å². The summed E-state index contributed by atoms with van der Waals surface area (Å²) in [6, 6.07) is 10.3. The summed E-state index contributed by atoms with van der Waals surface area (Å²) in [5, 5.41) is 14.0. The quantitative estimate of drug-likeness (QED) is 0.520. The van der Waals surface area contributed by atoms with Gasteiger partial charge in [0.1, 0.15) is 5.75 Å². The lowest BCUT2D eigenvalue weighted by Gasteiger charge is -2.07. The number of aromatic nitrogens is 1. The van der Waals surface area contributed by atoms with E-state index in [-0.39, 0.29) is 11.6 Å². The molecule has 3 aromatic rings. The second-order valence-corrected chi connectivity index (χ2v) is 6.81. The molecule has 0 aliphatic heterocycles. The number of rotatable bonds is 6. The van der Waals surface area contributed by atoms with Crippen molar-refractivity contribution in [2.75, 3.05) is 12.4 Å². The molecule has 0 aliphatic carbocycles. The number of aryl methyl sites for hydroxylation is 2. The predicted molar refractivity (Wildman–Crippen MR) is 101 cm³/mol. The van der Waals surface area contributed by atoms with Crippen molar-refractivity contribution in [3.63, 3.8) is 0 Å². The molecule has 8 heteroatoms. The lowest BCUT2D eigenvalue weighted by atomic mass is 10.1. The summed E-state index contributed by atoms with van der Waals surface area (Å²) in [7, 11) is 1.62. The monoisotopic (exact) mass is 371 g/mol. The summed E-state index contributed by atoms with van der Waals surface area (Å²) < 4.78 is 5.96. The van der Waals surface area contributed by atoms with Crippen LogP contribution in [0.15, 0.2) is 36.4 Å². The second kappa shape index (κ2) is 7.49. The Morgan fingerprint density at radius 2 is 2.12 bits per heavy atom. The number of fused-ring (bicyclic) bond motifs is 1. The summed E-state index contributed by atoms with van der Waals surface area (Å²) >= 11 is 1.22. The van der Waals surface area contributed by atoms with Crippen molar-refractivity contribution in [2.45, 2.75) is 19.8 Å². The van der Waals surface area contributed by atoms with Gasteiger partial charge >= 0.3 is 0 Å². The van der Waals surface area contributed by atoms with Crippen LogP contribution in [0.3, 0.4) is 0 Å². The van der Waals surface area contributed by atoms with Crippen LogP contribution in [-0.2, 0) is 11.2 Å². The van der Waals surface area contributed by atoms with E-state index < -0.39 is 4.92 Å². The summed E-state index contributed by atoms with van der Waals surface area (Å²) in [6.45, 7) is 1.97. The average Bonchev–Trinajstić information content (AvgIpc) is 3.02. The number of non-ortho nitro benzene ring substituents is 1. The third-order valence-electron chi connectivity index (χ3n) is 3.94. The first-order chi connectivity index (χ1) is 12.5. The van der Waals surface area contributed by atoms with Crippen LogP contribution in [0.5, 0.6) is 5.75 Å². The van der Waals surface area contributed by atoms with Crippen molar-refractivity contribution in [2.24, 2.45) is 0 Å². The Morgan fingerprint density at radius 3 is 2.85 bits per heavy atom. The standard InChI is InChI=1S/C18H17N3O4S/c1-11-3-4-12(9-15(11)25-2)5-8-17(22)20-18-19-14-7-6-13(21(23)24)10-16(14)26-18/h3-4,6-7,9-10H,5,8H2,1-2H3,(H,19,20,22). The second-order valence-electron chi connectivity index (χ2n) is 5.78. The molecule has 0 saturated carbocycles. The van der Waals surface area contributed by atoms with Gasteiger partial charge < -0.3 is 10.1 Å². The van der Waals surface area contributed by atoms with Crippen LogP contribution < -0.4 is 10.1 Å². The van der Waals surface area contributed by atoms with Crippen LogP contribution >= 0.6 is 11.3 Å². The molecule has 0 spiro atoms. The largest absolute Gasteiger partial charge is 0.496 e. The van der Waals surface area contributed by atoms with Crippen molar-refractivity contribution in [3.05, 3.63) is 57.6 Å². The molecule has 2 aromatic carbocycles. The van der Waals surface area contributed by atoms with Gasteiger partial charge in [-0.2, -0.15) is 0 Å². The number of nitrogens with zero attached hydrogens (tertiary/aromatic N) is 2. The smallest absolute Gasteiger partial charge is 0.270 e. The number of amides is 1. The molecule has 0 atom stereocenters. The highest BCUT2D eigenvalue weighted by molar-refractivity contribution is 7.22. The maximum Gasteiger partial charge on any atom is 0.270 e. The van der Waals surface area contributed by atoms with E-state index in [1.807, 2.05) is 25.1 Å². The first kappa shape index (κ1) is 17.8. The van der Waals surface area contributed by atoms with Gasteiger partial charge in [-0.3, -0.25) is 14.9 Å². The van der Waals surface area contributed by atoms with Crippen LogP contribution in [-0.4, -0.2) is 22.9 Å². The van der Waals surface area contributed by atoms with Gasteiger partial charge in [0.15, 0.2) is 5.13 Å². The Bertz CT molecular complexity index is 984. The molecule has 0 radical (unpaired) electrons. The van der Waals surface area contributed by atoms with Crippen molar-refractivity contribution >= 4 is 38.3 Å². The van der Waals surface area contributed by atoms with E-state index in [9.17, 15) is 14.9 Å². The van der Waals surface area contributed by atoms with E-state index in [2.05, 4.69) is 10.3 Å². The number of nitro benzene ring substituents is 1. The van der Waals surface area contributed by atoms with Gasteiger partial charge in [-0.25, -0.2) is 4.98 Å². The van der Waals surface area contributed by atoms with Gasteiger partial charge in [0, 0.05) is 18.6 Å². The Balaban J connectivity index is 1.64. The van der Waals surface area contributed by atoms with Crippen LogP contribution in [0.25, 0.3) is 10.2 Å². The number of benzene rings is 2. The number of thiazole rings is 1. The van der Waals surface area contributed by atoms with Crippen LogP contribution in [0.2, 0.25) is 0 Å². The topological polar surface area (TPSA) is 94.4 Å². The highest BCUT2D eigenvalue weighted by Crippen LogP contribution is 2.29.